The predicted molar refractivity (Wildman–Crippen MR) is 88.9 cm³/mol. The SMILES string of the molecule is O=C(Nc1ccccc1)C1=NN(c2ccc(F)cc2)C(=O)CS1. The Labute approximate surface area is 136 Å². The van der Waals surface area contributed by atoms with Crippen molar-refractivity contribution in [3.63, 3.8) is 0 Å². The molecule has 2 aromatic carbocycles. The van der Waals surface area contributed by atoms with Gasteiger partial charge in [-0.2, -0.15) is 10.1 Å². The predicted octanol–water partition coefficient (Wildman–Crippen LogP) is 2.86. The van der Waals surface area contributed by atoms with Gasteiger partial charge in [-0.05, 0) is 36.4 Å². The highest BCUT2D eigenvalue weighted by molar-refractivity contribution is 8.16. The zero-order chi connectivity index (χ0) is 16.2. The minimum absolute atomic E-state index is 0.0957. The average molecular weight is 329 g/mol. The lowest BCUT2D eigenvalue weighted by atomic mass is 10.3. The molecule has 0 spiro atoms. The molecule has 1 heterocycles. The first-order chi connectivity index (χ1) is 11.1. The van der Waals surface area contributed by atoms with Crippen LogP contribution in [0, 0.1) is 5.82 Å². The monoisotopic (exact) mass is 329 g/mol. The van der Waals surface area contributed by atoms with Gasteiger partial charge in [0.15, 0.2) is 5.04 Å². The highest BCUT2D eigenvalue weighted by Crippen LogP contribution is 2.23. The van der Waals surface area contributed by atoms with Crippen molar-refractivity contribution in [2.45, 2.75) is 0 Å². The molecular formula is C16H12FN3O2S. The van der Waals surface area contributed by atoms with Crippen LogP contribution in [0.25, 0.3) is 0 Å². The van der Waals surface area contributed by atoms with Gasteiger partial charge in [0, 0.05) is 5.69 Å². The van der Waals surface area contributed by atoms with Crippen LogP contribution in [0.3, 0.4) is 0 Å². The van der Waals surface area contributed by atoms with Crippen LogP contribution in [-0.2, 0) is 9.59 Å². The van der Waals surface area contributed by atoms with E-state index in [1.807, 2.05) is 6.07 Å². The highest BCUT2D eigenvalue weighted by atomic mass is 32.2. The molecule has 5 nitrogen and oxygen atoms in total. The summed E-state index contributed by atoms with van der Waals surface area (Å²) in [5.41, 5.74) is 1.06. The van der Waals surface area contributed by atoms with E-state index >= 15 is 0 Å². The summed E-state index contributed by atoms with van der Waals surface area (Å²) in [4.78, 5) is 24.2. The van der Waals surface area contributed by atoms with Gasteiger partial charge in [-0.25, -0.2) is 4.39 Å². The molecule has 0 saturated carbocycles. The Morgan fingerprint density at radius 3 is 2.52 bits per heavy atom. The number of rotatable bonds is 3. The van der Waals surface area contributed by atoms with Crippen LogP contribution < -0.4 is 10.3 Å². The van der Waals surface area contributed by atoms with Crippen molar-refractivity contribution in [1.29, 1.82) is 0 Å². The molecule has 0 radical (unpaired) electrons. The number of carbonyl (C=O) groups is 2. The van der Waals surface area contributed by atoms with Gasteiger partial charge in [-0.15, -0.1) is 0 Å². The molecule has 1 N–H and O–H groups in total. The smallest absolute Gasteiger partial charge is 0.282 e. The largest absolute Gasteiger partial charge is 0.320 e. The first-order valence-electron chi connectivity index (χ1n) is 6.80. The van der Waals surface area contributed by atoms with Gasteiger partial charge in [-0.3, -0.25) is 9.59 Å². The lowest BCUT2D eigenvalue weighted by molar-refractivity contribution is -0.116. The summed E-state index contributed by atoms with van der Waals surface area (Å²) in [6, 6.07) is 14.3. The molecule has 116 valence electrons. The second-order valence-electron chi connectivity index (χ2n) is 4.70. The number of benzene rings is 2. The molecule has 0 atom stereocenters. The normalized spacial score (nSPS) is 14.4. The number of nitrogens with one attached hydrogen (secondary N) is 1. The molecular weight excluding hydrogens is 317 g/mol. The number of para-hydroxylation sites is 1. The first kappa shape index (κ1) is 15.2. The first-order valence-corrected chi connectivity index (χ1v) is 7.78. The van der Waals surface area contributed by atoms with E-state index in [2.05, 4.69) is 10.4 Å². The molecule has 0 bridgehead atoms. The maximum atomic E-state index is 13.0. The van der Waals surface area contributed by atoms with Crippen molar-refractivity contribution in [1.82, 2.24) is 0 Å². The van der Waals surface area contributed by atoms with E-state index in [9.17, 15) is 14.0 Å². The quantitative estimate of drug-likeness (QED) is 0.942. The van der Waals surface area contributed by atoms with E-state index in [1.54, 1.807) is 24.3 Å². The summed E-state index contributed by atoms with van der Waals surface area (Å²) in [5.74, 6) is -0.962. The summed E-state index contributed by atoms with van der Waals surface area (Å²) in [6.45, 7) is 0. The fraction of sp³-hybridized carbons (Fsp3) is 0.0625. The molecule has 0 aliphatic carbocycles. The molecule has 1 aliphatic heterocycles. The van der Waals surface area contributed by atoms with Gasteiger partial charge < -0.3 is 5.32 Å². The van der Waals surface area contributed by atoms with E-state index in [4.69, 9.17) is 0 Å². The Kier molecular flexibility index (Phi) is 4.38. The van der Waals surface area contributed by atoms with Crippen molar-refractivity contribution in [3.05, 3.63) is 60.4 Å². The van der Waals surface area contributed by atoms with Crippen molar-refractivity contribution in [3.8, 4) is 0 Å². The van der Waals surface area contributed by atoms with Crippen LogP contribution >= 0.6 is 11.8 Å². The third-order valence-corrected chi connectivity index (χ3v) is 3.99. The molecule has 0 unspecified atom stereocenters. The third-order valence-electron chi connectivity index (χ3n) is 3.06. The zero-order valence-corrected chi connectivity index (χ0v) is 12.7. The Bertz CT molecular complexity index is 763. The number of carbonyl (C=O) groups excluding carboxylic acids is 2. The van der Waals surface area contributed by atoms with Crippen molar-refractivity contribution < 1.29 is 14.0 Å². The Hall–Kier alpha value is -2.67. The standard InChI is InChI=1S/C16H12FN3O2S/c17-11-6-8-13(9-7-11)20-14(21)10-23-16(19-20)15(22)18-12-4-2-1-3-5-12/h1-9H,10H2,(H,18,22). The molecule has 0 aromatic heterocycles. The minimum atomic E-state index is -0.404. The van der Waals surface area contributed by atoms with E-state index < -0.39 is 5.82 Å². The molecule has 2 aromatic rings. The second kappa shape index (κ2) is 6.62. The van der Waals surface area contributed by atoms with Gasteiger partial charge in [0.1, 0.15) is 5.82 Å². The number of hydrogen-bond donors (Lipinski definition) is 1. The van der Waals surface area contributed by atoms with Crippen LogP contribution in [-0.4, -0.2) is 22.6 Å². The summed E-state index contributed by atoms with van der Waals surface area (Å²) >= 11 is 1.07. The lowest BCUT2D eigenvalue weighted by Gasteiger charge is -2.22. The minimum Gasteiger partial charge on any atom is -0.320 e. The topological polar surface area (TPSA) is 61.8 Å². The molecule has 0 saturated heterocycles. The number of nitrogens with zero attached hydrogens (tertiary/aromatic N) is 2. The van der Waals surface area contributed by atoms with Gasteiger partial charge in [0.05, 0.1) is 11.4 Å². The second-order valence-corrected chi connectivity index (χ2v) is 5.66. The van der Waals surface area contributed by atoms with Gasteiger partial charge >= 0.3 is 0 Å². The van der Waals surface area contributed by atoms with Crippen LogP contribution in [0.5, 0.6) is 0 Å². The average Bonchev–Trinajstić information content (AvgIpc) is 2.57. The molecule has 0 fully saturated rings. The number of thioether (sulfide) groups is 1. The fourth-order valence-electron chi connectivity index (χ4n) is 1.97. The Balaban J connectivity index is 1.82. The molecule has 3 rings (SSSR count). The summed E-state index contributed by atoms with van der Waals surface area (Å²) < 4.78 is 13.0. The molecule has 1 aliphatic rings. The third kappa shape index (κ3) is 3.57. The molecule has 7 heteroatoms. The van der Waals surface area contributed by atoms with Crippen LogP contribution in [0.2, 0.25) is 0 Å². The fourth-order valence-corrected chi connectivity index (χ4v) is 2.67. The van der Waals surface area contributed by atoms with E-state index in [0.717, 1.165) is 16.8 Å². The summed E-state index contributed by atoms with van der Waals surface area (Å²) in [7, 11) is 0. The molecule has 23 heavy (non-hydrogen) atoms. The Morgan fingerprint density at radius 2 is 1.83 bits per heavy atom. The van der Waals surface area contributed by atoms with Crippen molar-refractivity contribution >= 4 is 40.0 Å². The van der Waals surface area contributed by atoms with Gasteiger partial charge in [0.2, 0.25) is 0 Å². The van der Waals surface area contributed by atoms with E-state index in [1.165, 1.54) is 24.3 Å². The van der Waals surface area contributed by atoms with Crippen LogP contribution in [0.4, 0.5) is 15.8 Å². The summed E-state index contributed by atoms with van der Waals surface area (Å²) in [6.07, 6.45) is 0. The van der Waals surface area contributed by atoms with Crippen LogP contribution in [0.1, 0.15) is 0 Å². The Morgan fingerprint density at radius 1 is 1.13 bits per heavy atom. The van der Waals surface area contributed by atoms with Crippen molar-refractivity contribution in [2.24, 2.45) is 5.10 Å². The van der Waals surface area contributed by atoms with Gasteiger partial charge in [0.25, 0.3) is 11.8 Å². The number of amides is 2. The maximum Gasteiger partial charge on any atom is 0.282 e. The summed E-state index contributed by atoms with van der Waals surface area (Å²) in [5, 5.41) is 8.11. The van der Waals surface area contributed by atoms with E-state index in [0.29, 0.717) is 11.4 Å². The van der Waals surface area contributed by atoms with Crippen molar-refractivity contribution in [2.75, 3.05) is 16.1 Å². The van der Waals surface area contributed by atoms with E-state index in [-0.39, 0.29) is 22.6 Å². The number of hydrogen-bond acceptors (Lipinski definition) is 4. The number of hydrazone groups is 1. The molecule has 2 amide bonds. The number of halogens is 1. The highest BCUT2D eigenvalue weighted by Gasteiger charge is 2.26. The zero-order valence-electron chi connectivity index (χ0n) is 11.9. The van der Waals surface area contributed by atoms with Gasteiger partial charge in [-0.1, -0.05) is 30.0 Å². The lowest BCUT2D eigenvalue weighted by Crippen LogP contribution is -2.36. The maximum absolute atomic E-state index is 13.0. The number of anilines is 2. The van der Waals surface area contributed by atoms with Crippen LogP contribution in [0.15, 0.2) is 59.7 Å².